The molecule has 0 saturated heterocycles. The van der Waals surface area contributed by atoms with Crippen LogP contribution in [0.4, 0.5) is 5.69 Å². The van der Waals surface area contributed by atoms with E-state index in [9.17, 15) is 14.9 Å². The highest BCUT2D eigenvalue weighted by Gasteiger charge is 2.23. The van der Waals surface area contributed by atoms with Gasteiger partial charge < -0.3 is 4.74 Å². The lowest BCUT2D eigenvalue weighted by atomic mass is 10.1. The third kappa shape index (κ3) is 3.25. The van der Waals surface area contributed by atoms with Gasteiger partial charge in [-0.2, -0.15) is 0 Å². The highest BCUT2D eigenvalue weighted by atomic mass is 16.6. The Morgan fingerprint density at radius 3 is 2.43 bits per heavy atom. The number of carbonyl (C=O) groups is 1. The molecule has 0 aromatic heterocycles. The smallest absolute Gasteiger partial charge is 0.345 e. The fourth-order valence-electron chi connectivity index (χ4n) is 2.06. The van der Waals surface area contributed by atoms with E-state index in [0.29, 0.717) is 5.56 Å². The molecule has 0 aliphatic heterocycles. The summed E-state index contributed by atoms with van der Waals surface area (Å²) in [5.74, 6) is -0.678. The molecule has 5 nitrogen and oxygen atoms in total. The molecule has 108 valence electrons. The first kappa shape index (κ1) is 14.7. The van der Waals surface area contributed by atoms with Crippen LogP contribution in [0, 0.1) is 24.0 Å². The molecule has 0 N–H and O–H groups in total. The van der Waals surface area contributed by atoms with E-state index < -0.39 is 10.9 Å². The SMILES string of the molecule is Cc1ccccc1COC(=O)c1c(C)cccc1[N+](=O)[O-]. The quantitative estimate of drug-likeness (QED) is 0.489. The first-order valence-corrected chi connectivity index (χ1v) is 6.46. The van der Waals surface area contributed by atoms with Crippen LogP contribution in [0.25, 0.3) is 0 Å². The van der Waals surface area contributed by atoms with Gasteiger partial charge in [0, 0.05) is 6.07 Å². The lowest BCUT2D eigenvalue weighted by Gasteiger charge is -2.09. The molecular formula is C16H15NO4. The molecule has 0 unspecified atom stereocenters. The summed E-state index contributed by atoms with van der Waals surface area (Å²) < 4.78 is 5.22. The van der Waals surface area contributed by atoms with Gasteiger partial charge >= 0.3 is 5.97 Å². The summed E-state index contributed by atoms with van der Waals surface area (Å²) in [4.78, 5) is 22.6. The third-order valence-electron chi connectivity index (χ3n) is 3.27. The van der Waals surface area contributed by atoms with Crippen LogP contribution in [-0.4, -0.2) is 10.9 Å². The Hall–Kier alpha value is -2.69. The number of ether oxygens (including phenoxy) is 1. The number of carbonyl (C=O) groups excluding carboxylic acids is 1. The van der Waals surface area contributed by atoms with E-state index in [2.05, 4.69) is 0 Å². The summed E-state index contributed by atoms with van der Waals surface area (Å²) in [7, 11) is 0. The molecule has 0 radical (unpaired) electrons. The standard InChI is InChI=1S/C16H15NO4/c1-11-6-3-4-8-13(11)10-21-16(18)15-12(2)7-5-9-14(15)17(19)20/h3-9H,10H2,1-2H3. The maximum Gasteiger partial charge on any atom is 0.345 e. The predicted molar refractivity (Wildman–Crippen MR) is 78.1 cm³/mol. The number of aryl methyl sites for hydroxylation is 2. The number of hydrogen-bond donors (Lipinski definition) is 0. The van der Waals surface area contributed by atoms with Crippen molar-refractivity contribution in [3.05, 3.63) is 74.8 Å². The van der Waals surface area contributed by atoms with Gasteiger partial charge in [0.25, 0.3) is 5.69 Å². The summed E-state index contributed by atoms with van der Waals surface area (Å²) in [6.45, 7) is 3.66. The lowest BCUT2D eigenvalue weighted by molar-refractivity contribution is -0.385. The second-order valence-electron chi connectivity index (χ2n) is 4.73. The van der Waals surface area contributed by atoms with Crippen molar-refractivity contribution in [1.29, 1.82) is 0 Å². The lowest BCUT2D eigenvalue weighted by Crippen LogP contribution is -2.10. The summed E-state index contributed by atoms with van der Waals surface area (Å²) in [5, 5.41) is 11.0. The molecule has 2 aromatic carbocycles. The average molecular weight is 285 g/mol. The zero-order chi connectivity index (χ0) is 15.4. The molecule has 0 atom stereocenters. The van der Waals surface area contributed by atoms with Crippen molar-refractivity contribution in [3.8, 4) is 0 Å². The summed E-state index contributed by atoms with van der Waals surface area (Å²) in [6.07, 6.45) is 0. The molecule has 0 aliphatic rings. The highest BCUT2D eigenvalue weighted by molar-refractivity contribution is 5.95. The third-order valence-corrected chi connectivity index (χ3v) is 3.27. The topological polar surface area (TPSA) is 69.4 Å². The van der Waals surface area contributed by atoms with Crippen LogP contribution in [-0.2, 0) is 11.3 Å². The van der Waals surface area contributed by atoms with Crippen molar-refractivity contribution < 1.29 is 14.5 Å². The molecule has 0 spiro atoms. The Morgan fingerprint density at radius 1 is 1.10 bits per heavy atom. The largest absolute Gasteiger partial charge is 0.457 e. The molecule has 0 amide bonds. The summed E-state index contributed by atoms with van der Waals surface area (Å²) >= 11 is 0. The van der Waals surface area contributed by atoms with E-state index in [1.165, 1.54) is 6.07 Å². The van der Waals surface area contributed by atoms with E-state index in [0.717, 1.165) is 11.1 Å². The number of benzene rings is 2. The summed E-state index contributed by atoms with van der Waals surface area (Å²) in [6, 6.07) is 12.0. The van der Waals surface area contributed by atoms with Crippen LogP contribution in [0.3, 0.4) is 0 Å². The number of esters is 1. The maximum atomic E-state index is 12.1. The van der Waals surface area contributed by atoms with Crippen LogP contribution in [0.5, 0.6) is 0 Å². The highest BCUT2D eigenvalue weighted by Crippen LogP contribution is 2.23. The van der Waals surface area contributed by atoms with Gasteiger partial charge in [-0.3, -0.25) is 10.1 Å². The molecule has 0 heterocycles. The van der Waals surface area contributed by atoms with Gasteiger partial charge in [-0.05, 0) is 30.5 Å². The number of hydrogen-bond acceptors (Lipinski definition) is 4. The maximum absolute atomic E-state index is 12.1. The molecule has 0 bridgehead atoms. The number of nitro groups is 1. The molecule has 0 saturated carbocycles. The predicted octanol–water partition coefficient (Wildman–Crippen LogP) is 3.57. The van der Waals surface area contributed by atoms with Gasteiger partial charge in [-0.25, -0.2) is 4.79 Å². The summed E-state index contributed by atoms with van der Waals surface area (Å²) in [5.41, 5.74) is 2.19. The van der Waals surface area contributed by atoms with E-state index >= 15 is 0 Å². The number of nitro benzene ring substituents is 1. The zero-order valence-corrected chi connectivity index (χ0v) is 11.8. The van der Waals surface area contributed by atoms with Crippen molar-refractivity contribution in [1.82, 2.24) is 0 Å². The van der Waals surface area contributed by atoms with Gasteiger partial charge in [-0.15, -0.1) is 0 Å². The van der Waals surface area contributed by atoms with Crippen molar-refractivity contribution in [2.24, 2.45) is 0 Å². The monoisotopic (exact) mass is 285 g/mol. The second-order valence-corrected chi connectivity index (χ2v) is 4.73. The molecule has 0 fully saturated rings. The van der Waals surface area contributed by atoms with Crippen LogP contribution in [0.15, 0.2) is 42.5 Å². The van der Waals surface area contributed by atoms with Crippen molar-refractivity contribution in [2.45, 2.75) is 20.5 Å². The minimum absolute atomic E-state index is 0.0103. The normalized spacial score (nSPS) is 10.2. The number of rotatable bonds is 4. The van der Waals surface area contributed by atoms with E-state index in [-0.39, 0.29) is 17.9 Å². The second kappa shape index (κ2) is 6.17. The van der Waals surface area contributed by atoms with Gasteiger partial charge in [0.15, 0.2) is 0 Å². The van der Waals surface area contributed by atoms with Crippen LogP contribution < -0.4 is 0 Å². The Kier molecular flexibility index (Phi) is 4.33. The minimum Gasteiger partial charge on any atom is -0.457 e. The van der Waals surface area contributed by atoms with E-state index in [1.807, 2.05) is 31.2 Å². The molecule has 0 aliphatic carbocycles. The molecular weight excluding hydrogens is 270 g/mol. The first-order chi connectivity index (χ1) is 10.0. The van der Waals surface area contributed by atoms with Gasteiger partial charge in [0.2, 0.25) is 0 Å². The molecule has 21 heavy (non-hydrogen) atoms. The minimum atomic E-state index is -0.678. The van der Waals surface area contributed by atoms with Crippen molar-refractivity contribution in [3.63, 3.8) is 0 Å². The molecule has 2 aromatic rings. The van der Waals surface area contributed by atoms with Gasteiger partial charge in [0.1, 0.15) is 12.2 Å². The average Bonchev–Trinajstić information content (AvgIpc) is 2.45. The Labute approximate surface area is 122 Å². The Balaban J connectivity index is 2.22. The zero-order valence-electron chi connectivity index (χ0n) is 11.8. The van der Waals surface area contributed by atoms with Gasteiger partial charge in [0.05, 0.1) is 4.92 Å². The van der Waals surface area contributed by atoms with Crippen LogP contribution >= 0.6 is 0 Å². The number of nitrogens with zero attached hydrogens (tertiary/aromatic N) is 1. The fourth-order valence-corrected chi connectivity index (χ4v) is 2.06. The first-order valence-electron chi connectivity index (χ1n) is 6.46. The van der Waals surface area contributed by atoms with E-state index in [4.69, 9.17) is 4.74 Å². The Morgan fingerprint density at radius 2 is 1.76 bits per heavy atom. The Bertz CT molecular complexity index is 694. The van der Waals surface area contributed by atoms with Crippen molar-refractivity contribution in [2.75, 3.05) is 0 Å². The fraction of sp³-hybridized carbons (Fsp3) is 0.188. The van der Waals surface area contributed by atoms with Gasteiger partial charge in [-0.1, -0.05) is 36.4 Å². The van der Waals surface area contributed by atoms with Crippen LogP contribution in [0.2, 0.25) is 0 Å². The van der Waals surface area contributed by atoms with Crippen LogP contribution in [0.1, 0.15) is 27.0 Å². The molecule has 2 rings (SSSR count). The van der Waals surface area contributed by atoms with E-state index in [1.54, 1.807) is 19.1 Å². The molecule has 5 heteroatoms. The van der Waals surface area contributed by atoms with Crippen molar-refractivity contribution >= 4 is 11.7 Å².